The van der Waals surface area contributed by atoms with Gasteiger partial charge < -0.3 is 18.8 Å². The first-order chi connectivity index (χ1) is 23.4. The first-order valence-corrected chi connectivity index (χ1v) is 16.2. The average Bonchev–Trinajstić information content (AvgIpc) is 3.68. The molecule has 3 aliphatic heterocycles. The highest BCUT2D eigenvalue weighted by atomic mass is 16.3. The number of furan rings is 1. The van der Waals surface area contributed by atoms with Crippen molar-refractivity contribution in [3.05, 3.63) is 146 Å². The van der Waals surface area contributed by atoms with Gasteiger partial charge in [-0.15, -0.1) is 0 Å². The summed E-state index contributed by atoms with van der Waals surface area (Å²) in [5.74, 6) is 0. The Balaban J connectivity index is 1.32. The molecule has 5 heterocycles. The van der Waals surface area contributed by atoms with Crippen LogP contribution >= 0.6 is 0 Å². The lowest BCUT2D eigenvalue weighted by Crippen LogP contribution is -2.64. The van der Waals surface area contributed by atoms with Gasteiger partial charge in [-0.25, -0.2) is 0 Å². The quantitative estimate of drug-likeness (QED) is 0.186. The van der Waals surface area contributed by atoms with E-state index >= 15 is 0 Å². The lowest BCUT2D eigenvalue weighted by Gasteiger charge is -2.46. The molecule has 7 aromatic carbocycles. The van der Waals surface area contributed by atoms with Crippen molar-refractivity contribution in [1.82, 2.24) is 4.57 Å². The molecular formula is C42H24BN3O. The Bertz CT molecular complexity index is 2800. The highest BCUT2D eigenvalue weighted by Crippen LogP contribution is 2.49. The predicted molar refractivity (Wildman–Crippen MR) is 196 cm³/mol. The third-order valence-corrected chi connectivity index (χ3v) is 10.7. The van der Waals surface area contributed by atoms with Gasteiger partial charge in [-0.05, 0) is 89.2 Å². The van der Waals surface area contributed by atoms with E-state index in [1.807, 2.05) is 0 Å². The number of aromatic nitrogens is 1. The first-order valence-electron chi connectivity index (χ1n) is 16.2. The van der Waals surface area contributed by atoms with Gasteiger partial charge in [-0.3, -0.25) is 0 Å². The van der Waals surface area contributed by atoms with E-state index in [0.29, 0.717) is 0 Å². The molecule has 4 nitrogen and oxygen atoms in total. The number of hydrogen-bond acceptors (Lipinski definition) is 3. The van der Waals surface area contributed by atoms with E-state index in [9.17, 15) is 0 Å². The fourth-order valence-corrected chi connectivity index (χ4v) is 9.01. The highest BCUT2D eigenvalue weighted by Gasteiger charge is 2.48. The fraction of sp³-hybridized carbons (Fsp3) is 0. The molecule has 0 atom stereocenters. The third-order valence-electron chi connectivity index (χ3n) is 10.7. The molecule has 0 radical (unpaired) electrons. The van der Waals surface area contributed by atoms with Crippen LogP contribution in [0.2, 0.25) is 0 Å². The lowest BCUT2D eigenvalue weighted by atomic mass is 9.32. The minimum absolute atomic E-state index is 0.0967. The number of hydrogen-bond donors (Lipinski definition) is 0. The monoisotopic (exact) mass is 597 g/mol. The summed E-state index contributed by atoms with van der Waals surface area (Å²) in [5, 5.41) is 4.88. The molecule has 0 spiro atoms. The standard InChI is InChI=1S/C42H24BN3O/c1-3-11-25(12-4-1)44-30-16-9-17-31-39(30)43-40-32(44)18-10-19-33(40)46-29-23-24-36-38(27-15-7-8-20-35(27)47-36)37(29)28-21-22-34(41(43)42(28)46)45(31)26-13-5-2-6-14-26/h1-24H. The highest BCUT2D eigenvalue weighted by molar-refractivity contribution is 7.02. The Morgan fingerprint density at radius 1 is 0.404 bits per heavy atom. The molecule has 12 rings (SSSR count). The number of nitrogens with zero attached hydrogens (tertiary/aromatic N) is 3. The maximum absolute atomic E-state index is 6.43. The maximum Gasteiger partial charge on any atom is 0.257 e. The topological polar surface area (TPSA) is 24.6 Å². The van der Waals surface area contributed by atoms with Crippen molar-refractivity contribution in [2.45, 2.75) is 0 Å². The van der Waals surface area contributed by atoms with Crippen LogP contribution in [0.4, 0.5) is 34.1 Å². The van der Waals surface area contributed by atoms with Gasteiger partial charge in [0, 0.05) is 61.4 Å². The Morgan fingerprint density at radius 3 is 1.70 bits per heavy atom. The normalized spacial score (nSPS) is 13.8. The second-order valence-corrected chi connectivity index (χ2v) is 12.9. The smallest absolute Gasteiger partial charge is 0.257 e. The summed E-state index contributed by atoms with van der Waals surface area (Å²) in [4.78, 5) is 4.96. The molecule has 2 aromatic heterocycles. The second kappa shape index (κ2) is 8.33. The number of fused-ring (bicyclic) bond motifs is 8. The SMILES string of the molecule is c1ccc(N2c3cccc4c3B3c5c2cccc5-n2c5ccc6oc7ccccc7c6c5c5ccc(c3c52)N4c2ccccc2)cc1. The van der Waals surface area contributed by atoms with E-state index in [1.54, 1.807) is 0 Å². The summed E-state index contributed by atoms with van der Waals surface area (Å²) in [5.41, 5.74) is 17.0. The van der Waals surface area contributed by atoms with Crippen molar-refractivity contribution in [2.75, 3.05) is 9.80 Å². The number of para-hydroxylation sites is 3. The van der Waals surface area contributed by atoms with Crippen molar-refractivity contribution >= 4 is 101 Å². The van der Waals surface area contributed by atoms with Crippen molar-refractivity contribution in [2.24, 2.45) is 0 Å². The molecule has 0 unspecified atom stereocenters. The molecule has 47 heavy (non-hydrogen) atoms. The Morgan fingerprint density at radius 2 is 1.00 bits per heavy atom. The largest absolute Gasteiger partial charge is 0.456 e. The van der Waals surface area contributed by atoms with Gasteiger partial charge in [0.2, 0.25) is 0 Å². The zero-order valence-electron chi connectivity index (χ0n) is 25.2. The van der Waals surface area contributed by atoms with E-state index in [1.165, 1.54) is 72.0 Å². The summed E-state index contributed by atoms with van der Waals surface area (Å²) in [7, 11) is 0. The average molecular weight is 597 g/mol. The van der Waals surface area contributed by atoms with Crippen LogP contribution in [0.5, 0.6) is 0 Å². The molecule has 0 saturated carbocycles. The fourth-order valence-electron chi connectivity index (χ4n) is 9.01. The minimum atomic E-state index is 0.0967. The molecule has 3 aliphatic rings. The maximum atomic E-state index is 6.43. The van der Waals surface area contributed by atoms with Crippen LogP contribution in [-0.2, 0) is 0 Å². The van der Waals surface area contributed by atoms with Gasteiger partial charge in [0.25, 0.3) is 6.71 Å². The van der Waals surface area contributed by atoms with E-state index in [0.717, 1.165) is 27.9 Å². The van der Waals surface area contributed by atoms with E-state index in [-0.39, 0.29) is 6.71 Å². The minimum Gasteiger partial charge on any atom is -0.456 e. The summed E-state index contributed by atoms with van der Waals surface area (Å²) < 4.78 is 8.98. The summed E-state index contributed by atoms with van der Waals surface area (Å²) in [6.07, 6.45) is 0. The van der Waals surface area contributed by atoms with Crippen molar-refractivity contribution in [3.63, 3.8) is 0 Å². The van der Waals surface area contributed by atoms with Gasteiger partial charge in [-0.2, -0.15) is 0 Å². The Labute approximate surface area is 270 Å². The van der Waals surface area contributed by atoms with Crippen molar-refractivity contribution in [1.29, 1.82) is 0 Å². The van der Waals surface area contributed by atoms with Crippen LogP contribution < -0.4 is 26.2 Å². The molecule has 216 valence electrons. The van der Waals surface area contributed by atoms with Crippen molar-refractivity contribution in [3.8, 4) is 5.69 Å². The van der Waals surface area contributed by atoms with E-state index < -0.39 is 0 Å². The number of rotatable bonds is 2. The molecule has 0 amide bonds. The molecule has 0 bridgehead atoms. The van der Waals surface area contributed by atoms with Gasteiger partial charge in [-0.1, -0.05) is 72.8 Å². The van der Waals surface area contributed by atoms with E-state index in [4.69, 9.17) is 4.42 Å². The van der Waals surface area contributed by atoms with Crippen LogP contribution in [0.1, 0.15) is 0 Å². The molecule has 0 N–H and O–H groups in total. The molecule has 0 aliphatic carbocycles. The van der Waals surface area contributed by atoms with Crippen LogP contribution in [0.15, 0.2) is 150 Å². The van der Waals surface area contributed by atoms with Crippen LogP contribution in [-0.4, -0.2) is 11.3 Å². The van der Waals surface area contributed by atoms with Gasteiger partial charge in [0.05, 0.1) is 11.0 Å². The number of anilines is 6. The summed E-state index contributed by atoms with van der Waals surface area (Å²) in [6, 6.07) is 53.0. The zero-order chi connectivity index (χ0) is 30.4. The first kappa shape index (κ1) is 24.1. The van der Waals surface area contributed by atoms with Crippen LogP contribution in [0.3, 0.4) is 0 Å². The molecule has 5 heteroatoms. The Kier molecular flexibility index (Phi) is 4.27. The summed E-state index contributed by atoms with van der Waals surface area (Å²) in [6.45, 7) is 0.0967. The van der Waals surface area contributed by atoms with Gasteiger partial charge >= 0.3 is 0 Å². The molecular weight excluding hydrogens is 573 g/mol. The molecule has 0 fully saturated rings. The Hall–Kier alpha value is -6.20. The van der Waals surface area contributed by atoms with E-state index in [2.05, 4.69) is 160 Å². The van der Waals surface area contributed by atoms with Crippen LogP contribution in [0, 0.1) is 0 Å². The van der Waals surface area contributed by atoms with Gasteiger partial charge in [0.15, 0.2) is 0 Å². The number of benzene rings is 7. The molecule has 9 aromatic rings. The summed E-state index contributed by atoms with van der Waals surface area (Å²) >= 11 is 0. The third kappa shape index (κ3) is 2.79. The molecule has 0 saturated heterocycles. The van der Waals surface area contributed by atoms with Crippen molar-refractivity contribution < 1.29 is 4.42 Å². The lowest BCUT2D eigenvalue weighted by molar-refractivity contribution is 0.669. The predicted octanol–water partition coefficient (Wildman–Crippen LogP) is 9.08. The zero-order valence-corrected chi connectivity index (χ0v) is 25.2. The van der Waals surface area contributed by atoms with Crippen LogP contribution in [0.25, 0.3) is 49.4 Å². The second-order valence-electron chi connectivity index (χ2n) is 12.9. The van der Waals surface area contributed by atoms with Gasteiger partial charge in [0.1, 0.15) is 11.2 Å².